The van der Waals surface area contributed by atoms with Crippen LogP contribution in [0.5, 0.6) is 0 Å². The number of anilines is 1. The molecule has 1 amide bonds. The number of fused-ring (bicyclic) bond motifs is 1. The number of hydrogen-bond donors (Lipinski definition) is 1. The average Bonchev–Trinajstić information content (AvgIpc) is 3.45. The molecule has 32 heavy (non-hydrogen) atoms. The van der Waals surface area contributed by atoms with Crippen LogP contribution >= 0.6 is 11.6 Å². The van der Waals surface area contributed by atoms with Gasteiger partial charge in [0.1, 0.15) is 11.3 Å². The fourth-order valence-corrected chi connectivity index (χ4v) is 4.31. The predicted molar refractivity (Wildman–Crippen MR) is 123 cm³/mol. The standard InChI is InChI=1S/C24H19ClN4O3/c1-32-24(31)20-10-18-22(19(25)13-27-23(18)28-20)16-9-15(11-26-12-16)14-4-6-17(7-5-14)29-8-2-3-21(29)30/h4-7,9-13H,2-3,8H2,1H3,(H,27,28). The summed E-state index contributed by atoms with van der Waals surface area (Å²) < 4.78 is 4.80. The van der Waals surface area contributed by atoms with Crippen molar-refractivity contribution in [2.45, 2.75) is 12.8 Å². The van der Waals surface area contributed by atoms with Crippen LogP contribution in [0.4, 0.5) is 5.69 Å². The molecular weight excluding hydrogens is 428 g/mol. The van der Waals surface area contributed by atoms with E-state index in [1.54, 1.807) is 24.7 Å². The van der Waals surface area contributed by atoms with Gasteiger partial charge in [-0.15, -0.1) is 0 Å². The summed E-state index contributed by atoms with van der Waals surface area (Å²) in [5, 5.41) is 1.16. The molecule has 0 unspecified atom stereocenters. The molecule has 160 valence electrons. The third-order valence-corrected chi connectivity index (χ3v) is 5.92. The highest BCUT2D eigenvalue weighted by molar-refractivity contribution is 6.34. The van der Waals surface area contributed by atoms with Crippen molar-refractivity contribution in [1.82, 2.24) is 15.0 Å². The molecule has 1 aliphatic heterocycles. The fraction of sp³-hybridized carbons (Fsp3) is 0.167. The van der Waals surface area contributed by atoms with Gasteiger partial charge < -0.3 is 14.6 Å². The van der Waals surface area contributed by atoms with E-state index < -0.39 is 5.97 Å². The number of carbonyl (C=O) groups is 2. The number of esters is 1. The van der Waals surface area contributed by atoms with Gasteiger partial charge in [-0.1, -0.05) is 23.7 Å². The molecule has 0 radical (unpaired) electrons. The first-order valence-corrected chi connectivity index (χ1v) is 10.5. The van der Waals surface area contributed by atoms with Crippen molar-refractivity contribution >= 4 is 40.2 Å². The van der Waals surface area contributed by atoms with E-state index in [0.717, 1.165) is 40.9 Å². The van der Waals surface area contributed by atoms with Crippen molar-refractivity contribution in [3.63, 3.8) is 0 Å². The molecule has 5 rings (SSSR count). The van der Waals surface area contributed by atoms with E-state index in [9.17, 15) is 9.59 Å². The molecule has 1 saturated heterocycles. The van der Waals surface area contributed by atoms with Gasteiger partial charge in [-0.2, -0.15) is 0 Å². The lowest BCUT2D eigenvalue weighted by Crippen LogP contribution is -2.23. The average molecular weight is 447 g/mol. The van der Waals surface area contributed by atoms with Crippen molar-refractivity contribution in [3.05, 3.63) is 65.7 Å². The van der Waals surface area contributed by atoms with Crippen LogP contribution in [0.2, 0.25) is 5.02 Å². The number of H-pyrrole nitrogens is 1. The number of rotatable bonds is 4. The maximum absolute atomic E-state index is 12.0. The summed E-state index contributed by atoms with van der Waals surface area (Å²) in [6.07, 6.45) is 6.55. The van der Waals surface area contributed by atoms with Crippen molar-refractivity contribution in [2.75, 3.05) is 18.6 Å². The Labute approximate surface area is 189 Å². The maximum atomic E-state index is 12.0. The molecule has 4 heterocycles. The zero-order valence-electron chi connectivity index (χ0n) is 17.3. The molecule has 0 aliphatic carbocycles. The minimum absolute atomic E-state index is 0.163. The van der Waals surface area contributed by atoms with Gasteiger partial charge in [0.05, 0.1) is 12.1 Å². The van der Waals surface area contributed by atoms with Crippen LogP contribution < -0.4 is 4.90 Å². The number of methoxy groups -OCH3 is 1. The van der Waals surface area contributed by atoms with Crippen molar-refractivity contribution in [2.24, 2.45) is 0 Å². The summed E-state index contributed by atoms with van der Waals surface area (Å²) in [7, 11) is 1.33. The molecule has 3 aromatic heterocycles. The van der Waals surface area contributed by atoms with E-state index in [-0.39, 0.29) is 5.91 Å². The third kappa shape index (κ3) is 3.50. The van der Waals surface area contributed by atoms with Crippen LogP contribution in [0.15, 0.2) is 55.0 Å². The summed E-state index contributed by atoms with van der Waals surface area (Å²) in [5.74, 6) is -0.316. The summed E-state index contributed by atoms with van der Waals surface area (Å²) in [6.45, 7) is 0.760. The molecule has 1 N–H and O–H groups in total. The maximum Gasteiger partial charge on any atom is 0.354 e. The highest BCUT2D eigenvalue weighted by Crippen LogP contribution is 2.36. The first kappa shape index (κ1) is 20.2. The number of pyridine rings is 2. The van der Waals surface area contributed by atoms with E-state index in [0.29, 0.717) is 28.2 Å². The number of aromatic nitrogens is 3. The molecule has 0 atom stereocenters. The number of nitrogens with one attached hydrogen (secondary N) is 1. The van der Waals surface area contributed by atoms with Crippen LogP contribution in [0.1, 0.15) is 23.3 Å². The monoisotopic (exact) mass is 446 g/mol. The number of benzene rings is 1. The molecule has 0 bridgehead atoms. The van der Waals surface area contributed by atoms with Crippen LogP contribution in [-0.4, -0.2) is 40.5 Å². The largest absolute Gasteiger partial charge is 0.464 e. The van der Waals surface area contributed by atoms with Gasteiger partial charge in [-0.25, -0.2) is 9.78 Å². The second kappa shape index (κ2) is 8.09. The van der Waals surface area contributed by atoms with Gasteiger partial charge in [0.25, 0.3) is 0 Å². The van der Waals surface area contributed by atoms with E-state index in [4.69, 9.17) is 16.3 Å². The number of nitrogens with zero attached hydrogens (tertiary/aromatic N) is 3. The van der Waals surface area contributed by atoms with E-state index in [1.165, 1.54) is 7.11 Å². The Balaban J connectivity index is 1.54. The topological polar surface area (TPSA) is 88.2 Å². The molecule has 0 spiro atoms. The summed E-state index contributed by atoms with van der Waals surface area (Å²) in [4.78, 5) is 37.4. The number of halogens is 1. The summed E-state index contributed by atoms with van der Waals surface area (Å²) >= 11 is 6.51. The Hall–Kier alpha value is -3.71. The predicted octanol–water partition coefficient (Wildman–Crippen LogP) is 4.86. The molecule has 7 nitrogen and oxygen atoms in total. The first-order valence-electron chi connectivity index (χ1n) is 10.2. The summed E-state index contributed by atoms with van der Waals surface area (Å²) in [5.41, 5.74) is 5.16. The quantitative estimate of drug-likeness (QED) is 0.452. The fourth-order valence-electron chi connectivity index (χ4n) is 4.05. The minimum Gasteiger partial charge on any atom is -0.464 e. The smallest absolute Gasteiger partial charge is 0.354 e. The van der Waals surface area contributed by atoms with Gasteiger partial charge in [0.2, 0.25) is 5.91 Å². The molecular formula is C24H19ClN4O3. The number of amides is 1. The Kier molecular flexibility index (Phi) is 5.11. The van der Waals surface area contributed by atoms with Crippen molar-refractivity contribution in [1.29, 1.82) is 0 Å². The molecule has 1 aliphatic rings. The zero-order valence-corrected chi connectivity index (χ0v) is 18.0. The second-order valence-corrected chi connectivity index (χ2v) is 7.98. The molecule has 0 saturated carbocycles. The Morgan fingerprint density at radius 1 is 1.09 bits per heavy atom. The number of hydrogen-bond acceptors (Lipinski definition) is 5. The van der Waals surface area contributed by atoms with Gasteiger partial charge in [-0.3, -0.25) is 9.78 Å². The number of aromatic amines is 1. The Morgan fingerprint density at radius 2 is 1.88 bits per heavy atom. The Bertz CT molecular complexity index is 1350. The van der Waals surface area contributed by atoms with Gasteiger partial charge in [-0.05, 0) is 36.2 Å². The third-order valence-electron chi connectivity index (χ3n) is 5.63. The minimum atomic E-state index is -0.478. The molecule has 8 heteroatoms. The second-order valence-electron chi connectivity index (χ2n) is 7.58. The normalized spacial score (nSPS) is 13.7. The SMILES string of the molecule is COC(=O)c1cc2c(-c3cncc(-c4ccc(N5CCCC5=O)cc4)c3)c(Cl)cnc2[nH]1. The lowest BCUT2D eigenvalue weighted by atomic mass is 10.0. The summed E-state index contributed by atoms with van der Waals surface area (Å²) in [6, 6.07) is 11.6. The molecule has 1 aromatic carbocycles. The van der Waals surface area contributed by atoms with Gasteiger partial charge >= 0.3 is 5.97 Å². The van der Waals surface area contributed by atoms with E-state index >= 15 is 0 Å². The highest BCUT2D eigenvalue weighted by Gasteiger charge is 2.21. The van der Waals surface area contributed by atoms with E-state index in [2.05, 4.69) is 15.0 Å². The Morgan fingerprint density at radius 3 is 2.59 bits per heavy atom. The zero-order chi connectivity index (χ0) is 22.2. The van der Waals surface area contributed by atoms with Crippen molar-refractivity contribution < 1.29 is 14.3 Å². The number of carbonyl (C=O) groups excluding carboxylic acids is 2. The van der Waals surface area contributed by atoms with Crippen LogP contribution in [0, 0.1) is 0 Å². The van der Waals surface area contributed by atoms with Gasteiger partial charge in [0, 0.05) is 59.3 Å². The molecule has 1 fully saturated rings. The highest BCUT2D eigenvalue weighted by atomic mass is 35.5. The van der Waals surface area contributed by atoms with Crippen molar-refractivity contribution in [3.8, 4) is 22.3 Å². The van der Waals surface area contributed by atoms with Crippen LogP contribution in [0.3, 0.4) is 0 Å². The lowest BCUT2D eigenvalue weighted by molar-refractivity contribution is -0.117. The van der Waals surface area contributed by atoms with Crippen LogP contribution in [0.25, 0.3) is 33.3 Å². The van der Waals surface area contributed by atoms with E-state index in [1.807, 2.05) is 35.2 Å². The van der Waals surface area contributed by atoms with Gasteiger partial charge in [0.15, 0.2) is 0 Å². The molecule has 4 aromatic rings. The van der Waals surface area contributed by atoms with Crippen LogP contribution in [-0.2, 0) is 9.53 Å². The number of ether oxygens (including phenoxy) is 1. The lowest BCUT2D eigenvalue weighted by Gasteiger charge is -2.16. The first-order chi connectivity index (χ1) is 15.5.